The first-order valence-electron chi connectivity index (χ1n) is 9.37. The molecule has 2 aromatic carbocycles. The Hall–Kier alpha value is -3.21. The quantitative estimate of drug-likeness (QED) is 0.495. The molecule has 0 saturated carbocycles. The fourth-order valence-electron chi connectivity index (χ4n) is 3.24. The van der Waals surface area contributed by atoms with Crippen LogP contribution in [0.3, 0.4) is 0 Å². The number of unbranched alkanes of at least 4 members (excludes halogenated alkanes) is 1. The fourth-order valence-corrected chi connectivity index (χ4v) is 3.24. The van der Waals surface area contributed by atoms with Crippen molar-refractivity contribution in [2.75, 3.05) is 17.6 Å². The number of nitrogen functional groups attached to an aromatic ring is 1. The third kappa shape index (κ3) is 3.82. The highest BCUT2D eigenvalue weighted by Gasteiger charge is 2.09. The van der Waals surface area contributed by atoms with Gasteiger partial charge in [-0.1, -0.05) is 55.8 Å². The van der Waals surface area contributed by atoms with E-state index in [1.54, 1.807) is 0 Å². The first-order chi connectivity index (χ1) is 13.2. The molecule has 0 unspecified atom stereocenters. The molecule has 0 fully saturated rings. The number of anilines is 2. The first-order valence-corrected chi connectivity index (χ1v) is 9.37. The number of nitrogens with zero attached hydrogens (tertiary/aromatic N) is 3. The molecular formula is C22H23N5. The first kappa shape index (κ1) is 17.2. The lowest BCUT2D eigenvalue weighted by Crippen LogP contribution is -2.08. The van der Waals surface area contributed by atoms with Gasteiger partial charge in [0.15, 0.2) is 5.82 Å². The largest absolute Gasteiger partial charge is 0.368 e. The third-order valence-electron chi connectivity index (χ3n) is 4.64. The summed E-state index contributed by atoms with van der Waals surface area (Å²) < 4.78 is 0. The van der Waals surface area contributed by atoms with Gasteiger partial charge in [-0.15, -0.1) is 0 Å². The number of nitrogens with two attached hydrogens (primary N) is 1. The Labute approximate surface area is 158 Å². The fraction of sp³-hybridized carbons (Fsp3) is 0.227. The van der Waals surface area contributed by atoms with E-state index in [-0.39, 0.29) is 5.95 Å². The van der Waals surface area contributed by atoms with Gasteiger partial charge in [0, 0.05) is 18.7 Å². The average Bonchev–Trinajstić information content (AvgIpc) is 2.68. The molecule has 2 aromatic heterocycles. The molecule has 136 valence electrons. The van der Waals surface area contributed by atoms with Crippen LogP contribution in [0.2, 0.25) is 0 Å². The van der Waals surface area contributed by atoms with Gasteiger partial charge in [-0.05, 0) is 34.9 Å². The number of pyridine rings is 1. The second-order valence-corrected chi connectivity index (χ2v) is 6.74. The summed E-state index contributed by atoms with van der Waals surface area (Å²) in [4.78, 5) is 13.5. The Kier molecular flexibility index (Phi) is 4.83. The number of aromatic nitrogens is 3. The number of rotatable bonds is 6. The van der Waals surface area contributed by atoms with Crippen LogP contribution in [-0.2, 0) is 6.42 Å². The molecule has 0 atom stereocenters. The van der Waals surface area contributed by atoms with Gasteiger partial charge in [-0.3, -0.25) is 0 Å². The van der Waals surface area contributed by atoms with Crippen LogP contribution >= 0.6 is 0 Å². The van der Waals surface area contributed by atoms with Crippen LogP contribution in [0, 0.1) is 0 Å². The molecule has 0 aliphatic carbocycles. The monoisotopic (exact) mass is 357 g/mol. The molecule has 5 heteroatoms. The molecule has 4 aromatic rings. The van der Waals surface area contributed by atoms with Crippen molar-refractivity contribution < 1.29 is 0 Å². The molecule has 0 spiro atoms. The maximum absolute atomic E-state index is 5.85. The van der Waals surface area contributed by atoms with Crippen molar-refractivity contribution in [2.45, 2.75) is 26.2 Å². The third-order valence-corrected chi connectivity index (χ3v) is 4.64. The molecule has 2 heterocycles. The summed E-state index contributed by atoms with van der Waals surface area (Å²) in [7, 11) is 0. The predicted molar refractivity (Wildman–Crippen MR) is 112 cm³/mol. The van der Waals surface area contributed by atoms with Crippen molar-refractivity contribution in [3.63, 3.8) is 0 Å². The minimum absolute atomic E-state index is 0.269. The zero-order valence-electron chi connectivity index (χ0n) is 15.4. The topological polar surface area (TPSA) is 76.7 Å². The zero-order valence-corrected chi connectivity index (χ0v) is 15.4. The van der Waals surface area contributed by atoms with Gasteiger partial charge in [0.05, 0.1) is 5.52 Å². The Morgan fingerprint density at radius 3 is 2.63 bits per heavy atom. The van der Waals surface area contributed by atoms with E-state index in [1.807, 2.05) is 12.1 Å². The van der Waals surface area contributed by atoms with E-state index < -0.39 is 0 Å². The molecule has 27 heavy (non-hydrogen) atoms. The highest BCUT2D eigenvalue weighted by Crippen LogP contribution is 2.22. The van der Waals surface area contributed by atoms with E-state index in [0.717, 1.165) is 42.5 Å². The SMILES string of the molecule is CCCCNc1nc(N)nc2ccc(Cc3ccc4ccccc4c3)nc12. The van der Waals surface area contributed by atoms with Crippen molar-refractivity contribution in [1.29, 1.82) is 0 Å². The van der Waals surface area contributed by atoms with Crippen molar-refractivity contribution in [1.82, 2.24) is 15.0 Å². The lowest BCUT2D eigenvalue weighted by molar-refractivity contribution is 0.831. The Morgan fingerprint density at radius 2 is 1.78 bits per heavy atom. The summed E-state index contributed by atoms with van der Waals surface area (Å²) in [5.41, 5.74) is 9.62. The summed E-state index contributed by atoms with van der Waals surface area (Å²) >= 11 is 0. The molecule has 0 aliphatic rings. The Morgan fingerprint density at radius 1 is 0.926 bits per heavy atom. The maximum Gasteiger partial charge on any atom is 0.222 e. The number of hydrogen-bond donors (Lipinski definition) is 2. The van der Waals surface area contributed by atoms with Crippen LogP contribution in [0.1, 0.15) is 31.0 Å². The summed E-state index contributed by atoms with van der Waals surface area (Å²) in [6.45, 7) is 3.01. The van der Waals surface area contributed by atoms with Crippen LogP contribution < -0.4 is 11.1 Å². The highest BCUT2D eigenvalue weighted by atomic mass is 15.1. The van der Waals surface area contributed by atoms with E-state index in [1.165, 1.54) is 16.3 Å². The van der Waals surface area contributed by atoms with Crippen LogP contribution in [0.4, 0.5) is 11.8 Å². The molecule has 4 rings (SSSR count). The molecular weight excluding hydrogens is 334 g/mol. The van der Waals surface area contributed by atoms with Crippen molar-refractivity contribution in [2.24, 2.45) is 0 Å². The molecule has 0 bridgehead atoms. The van der Waals surface area contributed by atoms with Gasteiger partial charge in [-0.25, -0.2) is 9.97 Å². The van der Waals surface area contributed by atoms with E-state index in [0.29, 0.717) is 5.82 Å². The highest BCUT2D eigenvalue weighted by molar-refractivity contribution is 5.86. The smallest absolute Gasteiger partial charge is 0.222 e. The van der Waals surface area contributed by atoms with E-state index in [4.69, 9.17) is 10.7 Å². The van der Waals surface area contributed by atoms with E-state index in [2.05, 4.69) is 64.7 Å². The van der Waals surface area contributed by atoms with Gasteiger partial charge in [0.2, 0.25) is 5.95 Å². The van der Waals surface area contributed by atoms with Crippen LogP contribution in [0.5, 0.6) is 0 Å². The number of nitrogens with one attached hydrogen (secondary N) is 1. The number of benzene rings is 2. The van der Waals surface area contributed by atoms with Gasteiger partial charge in [-0.2, -0.15) is 4.98 Å². The summed E-state index contributed by atoms with van der Waals surface area (Å²) in [6, 6.07) is 18.9. The summed E-state index contributed by atoms with van der Waals surface area (Å²) in [6.07, 6.45) is 2.95. The summed E-state index contributed by atoms with van der Waals surface area (Å²) in [5.74, 6) is 0.983. The maximum atomic E-state index is 5.85. The van der Waals surface area contributed by atoms with Crippen molar-refractivity contribution >= 4 is 33.6 Å². The molecule has 3 N–H and O–H groups in total. The lowest BCUT2D eigenvalue weighted by Gasteiger charge is -2.10. The van der Waals surface area contributed by atoms with Crippen molar-refractivity contribution in [3.05, 3.63) is 65.9 Å². The minimum Gasteiger partial charge on any atom is -0.368 e. The van der Waals surface area contributed by atoms with E-state index in [9.17, 15) is 0 Å². The van der Waals surface area contributed by atoms with Crippen molar-refractivity contribution in [3.8, 4) is 0 Å². The zero-order chi connectivity index (χ0) is 18.6. The second kappa shape index (κ2) is 7.58. The number of hydrogen-bond acceptors (Lipinski definition) is 5. The Balaban J connectivity index is 1.66. The molecule has 0 aliphatic heterocycles. The standard InChI is InChI=1S/C22H23N5/c1-2-3-12-24-21-20-19(26-22(23)27-21)11-10-18(25-20)14-15-8-9-16-6-4-5-7-17(16)13-15/h4-11,13H,2-3,12,14H2,1H3,(H3,23,24,26,27). The molecule has 0 saturated heterocycles. The second-order valence-electron chi connectivity index (χ2n) is 6.74. The van der Waals surface area contributed by atoms with Crippen LogP contribution in [-0.4, -0.2) is 21.5 Å². The minimum atomic E-state index is 0.269. The molecule has 5 nitrogen and oxygen atoms in total. The van der Waals surface area contributed by atoms with E-state index >= 15 is 0 Å². The lowest BCUT2D eigenvalue weighted by atomic mass is 10.0. The number of fused-ring (bicyclic) bond motifs is 2. The van der Waals surface area contributed by atoms with Gasteiger partial charge in [0.25, 0.3) is 0 Å². The van der Waals surface area contributed by atoms with Gasteiger partial charge >= 0.3 is 0 Å². The normalized spacial score (nSPS) is 11.1. The van der Waals surface area contributed by atoms with Crippen LogP contribution in [0.15, 0.2) is 54.6 Å². The summed E-state index contributed by atoms with van der Waals surface area (Å²) in [5, 5.41) is 5.84. The van der Waals surface area contributed by atoms with Crippen LogP contribution in [0.25, 0.3) is 21.8 Å². The average molecular weight is 357 g/mol. The molecule has 0 amide bonds. The predicted octanol–water partition coefficient (Wildman–Crippen LogP) is 4.56. The van der Waals surface area contributed by atoms with Gasteiger partial charge < -0.3 is 11.1 Å². The molecule has 0 radical (unpaired) electrons. The van der Waals surface area contributed by atoms with Gasteiger partial charge in [0.1, 0.15) is 5.52 Å². The Bertz CT molecular complexity index is 1090.